The van der Waals surface area contributed by atoms with Crippen LogP contribution in [-0.2, 0) is 6.54 Å². The van der Waals surface area contributed by atoms with Gasteiger partial charge < -0.3 is 5.32 Å². The fourth-order valence-corrected chi connectivity index (χ4v) is 1.31. The third kappa shape index (κ3) is 5.81. The van der Waals surface area contributed by atoms with Crippen molar-refractivity contribution in [2.24, 2.45) is 0 Å². The van der Waals surface area contributed by atoms with Crippen LogP contribution in [-0.4, -0.2) is 19.0 Å². The summed E-state index contributed by atoms with van der Waals surface area (Å²) < 4.78 is 0. The van der Waals surface area contributed by atoms with Gasteiger partial charge in [0, 0.05) is 18.2 Å². The molecule has 0 aliphatic rings. The Bertz CT molecular complexity index is 338. The van der Waals surface area contributed by atoms with E-state index in [-0.39, 0.29) is 28.9 Å². The summed E-state index contributed by atoms with van der Waals surface area (Å²) in [5, 5.41) is 2.85. The zero-order chi connectivity index (χ0) is 12.0. The van der Waals surface area contributed by atoms with Gasteiger partial charge in [0.1, 0.15) is 0 Å². The number of halogens is 1. The van der Waals surface area contributed by atoms with E-state index in [1.807, 2.05) is 45.2 Å². The molecule has 0 atom stereocenters. The van der Waals surface area contributed by atoms with Crippen molar-refractivity contribution in [1.82, 2.24) is 16.2 Å². The molecule has 0 heterocycles. The van der Waals surface area contributed by atoms with Gasteiger partial charge in [-0.25, -0.2) is 0 Å². The molecule has 1 rings (SSSR count). The molecule has 5 heteroatoms. The largest absolute Gasteiger partial charge is 0.350 e. The molecule has 17 heavy (non-hydrogen) atoms. The van der Waals surface area contributed by atoms with Crippen molar-refractivity contribution in [2.45, 2.75) is 26.4 Å². The van der Waals surface area contributed by atoms with Crippen molar-refractivity contribution in [3.63, 3.8) is 0 Å². The number of carbonyl (C=O) groups excluding carboxylic acids is 1. The molecule has 0 radical (unpaired) electrons. The Kier molecular flexibility index (Phi) is 7.78. The van der Waals surface area contributed by atoms with Crippen LogP contribution in [0.1, 0.15) is 29.8 Å². The average molecular weight is 302 g/mol. The molecule has 96 valence electrons. The normalized spacial score (nSPS) is 9.88. The minimum Gasteiger partial charge on any atom is -0.350 e. The van der Waals surface area contributed by atoms with Crippen molar-refractivity contribution in [1.29, 1.82) is 0 Å². The highest BCUT2D eigenvalue weighted by Gasteiger charge is 2.05. The Morgan fingerprint density at radius 1 is 1.24 bits per heavy atom. The number of hydrazine groups is 1. The third-order valence-electron chi connectivity index (χ3n) is 2.11. The lowest BCUT2D eigenvalue weighted by molar-refractivity contribution is 0.0943. The number of amides is 1. The highest BCUT2D eigenvalue weighted by atomic mass is 79.9. The number of rotatable bonds is 5. The first-order valence-corrected chi connectivity index (χ1v) is 5.43. The van der Waals surface area contributed by atoms with E-state index in [1.165, 1.54) is 0 Å². The second-order valence-electron chi connectivity index (χ2n) is 3.93. The highest BCUT2D eigenvalue weighted by molar-refractivity contribution is 8.93. The van der Waals surface area contributed by atoms with Crippen LogP contribution in [0.5, 0.6) is 0 Å². The van der Waals surface area contributed by atoms with Crippen LogP contribution < -0.4 is 16.2 Å². The first-order valence-electron chi connectivity index (χ1n) is 5.43. The molecule has 0 saturated heterocycles. The van der Waals surface area contributed by atoms with Crippen LogP contribution >= 0.6 is 17.0 Å². The second-order valence-corrected chi connectivity index (χ2v) is 3.93. The van der Waals surface area contributed by atoms with E-state index >= 15 is 0 Å². The minimum absolute atomic E-state index is 0. The monoisotopic (exact) mass is 301 g/mol. The maximum Gasteiger partial charge on any atom is 0.251 e. The van der Waals surface area contributed by atoms with Gasteiger partial charge in [-0.3, -0.25) is 15.6 Å². The summed E-state index contributed by atoms with van der Waals surface area (Å²) in [7, 11) is 1.82. The van der Waals surface area contributed by atoms with Crippen LogP contribution in [0.25, 0.3) is 0 Å². The Morgan fingerprint density at radius 2 is 1.82 bits per heavy atom. The second kappa shape index (κ2) is 8.22. The Hall–Kier alpha value is -0.910. The maximum absolute atomic E-state index is 11.6. The summed E-state index contributed by atoms with van der Waals surface area (Å²) >= 11 is 0. The summed E-state index contributed by atoms with van der Waals surface area (Å²) in [6.45, 7) is 4.63. The molecule has 1 aromatic rings. The first kappa shape index (κ1) is 16.1. The number of hydrogen-bond donors (Lipinski definition) is 3. The fourth-order valence-electron chi connectivity index (χ4n) is 1.31. The quantitative estimate of drug-likeness (QED) is 0.725. The Morgan fingerprint density at radius 3 is 2.29 bits per heavy atom. The molecular formula is C12H20BrN3O. The van der Waals surface area contributed by atoms with E-state index < -0.39 is 0 Å². The van der Waals surface area contributed by atoms with Gasteiger partial charge in [-0.1, -0.05) is 12.1 Å². The summed E-state index contributed by atoms with van der Waals surface area (Å²) in [5.41, 5.74) is 7.68. The lowest BCUT2D eigenvalue weighted by atomic mass is 10.1. The fraction of sp³-hybridized carbons (Fsp3) is 0.417. The van der Waals surface area contributed by atoms with E-state index in [9.17, 15) is 4.79 Å². The lowest BCUT2D eigenvalue weighted by Crippen LogP contribution is -2.30. The van der Waals surface area contributed by atoms with Crippen molar-refractivity contribution in [2.75, 3.05) is 7.05 Å². The molecule has 0 unspecified atom stereocenters. The van der Waals surface area contributed by atoms with Gasteiger partial charge in [0.05, 0.1) is 0 Å². The maximum atomic E-state index is 11.6. The zero-order valence-corrected chi connectivity index (χ0v) is 12.1. The average Bonchev–Trinajstić information content (AvgIpc) is 2.26. The van der Waals surface area contributed by atoms with Crippen molar-refractivity contribution >= 4 is 22.9 Å². The standard InChI is InChI=1S/C12H19N3O.BrH/c1-9(2)15-12(16)11-6-4-10(5-7-11)8-14-13-3;/h4-7,9,13-14H,8H2,1-3H3,(H,15,16);1H. The smallest absolute Gasteiger partial charge is 0.251 e. The van der Waals surface area contributed by atoms with E-state index in [4.69, 9.17) is 0 Å². The predicted octanol–water partition coefficient (Wildman–Crippen LogP) is 1.63. The molecule has 4 nitrogen and oxygen atoms in total. The predicted molar refractivity (Wildman–Crippen MR) is 75.3 cm³/mol. The zero-order valence-electron chi connectivity index (χ0n) is 10.4. The topological polar surface area (TPSA) is 53.2 Å². The van der Waals surface area contributed by atoms with Crippen LogP contribution in [0.15, 0.2) is 24.3 Å². The third-order valence-corrected chi connectivity index (χ3v) is 2.11. The van der Waals surface area contributed by atoms with Crippen molar-refractivity contribution in [3.8, 4) is 0 Å². The molecule has 0 saturated carbocycles. The first-order chi connectivity index (χ1) is 7.63. The minimum atomic E-state index is -0.0249. The van der Waals surface area contributed by atoms with Gasteiger partial charge in [0.15, 0.2) is 0 Å². The molecular weight excluding hydrogens is 282 g/mol. The van der Waals surface area contributed by atoms with E-state index in [0.29, 0.717) is 5.56 Å². The Balaban J connectivity index is 0.00000256. The van der Waals surface area contributed by atoms with E-state index in [0.717, 1.165) is 12.1 Å². The molecule has 0 aliphatic heterocycles. The van der Waals surface area contributed by atoms with E-state index in [1.54, 1.807) is 0 Å². The Labute approximate surface area is 113 Å². The van der Waals surface area contributed by atoms with Gasteiger partial charge in [-0.2, -0.15) is 0 Å². The summed E-state index contributed by atoms with van der Waals surface area (Å²) in [6, 6.07) is 7.73. The summed E-state index contributed by atoms with van der Waals surface area (Å²) in [5.74, 6) is -0.0249. The van der Waals surface area contributed by atoms with Gasteiger partial charge in [0.25, 0.3) is 5.91 Å². The van der Waals surface area contributed by atoms with Crippen molar-refractivity contribution < 1.29 is 4.79 Å². The molecule has 1 amide bonds. The molecule has 0 spiro atoms. The SMILES string of the molecule is Br.CNNCc1ccc(C(=O)NC(C)C)cc1. The number of benzene rings is 1. The molecule has 0 aliphatic carbocycles. The van der Waals surface area contributed by atoms with Gasteiger partial charge >= 0.3 is 0 Å². The van der Waals surface area contributed by atoms with Crippen LogP contribution in [0.4, 0.5) is 0 Å². The molecule has 0 bridgehead atoms. The van der Waals surface area contributed by atoms with Gasteiger partial charge in [0.2, 0.25) is 0 Å². The number of carbonyl (C=O) groups is 1. The van der Waals surface area contributed by atoms with Crippen LogP contribution in [0.2, 0.25) is 0 Å². The van der Waals surface area contributed by atoms with Gasteiger partial charge in [-0.15, -0.1) is 17.0 Å². The lowest BCUT2D eigenvalue weighted by Gasteiger charge is -2.09. The summed E-state index contributed by atoms with van der Waals surface area (Å²) in [4.78, 5) is 11.6. The van der Waals surface area contributed by atoms with Crippen LogP contribution in [0, 0.1) is 0 Å². The molecule has 1 aromatic carbocycles. The van der Waals surface area contributed by atoms with Gasteiger partial charge in [-0.05, 0) is 38.6 Å². The molecule has 0 fully saturated rings. The molecule has 3 N–H and O–H groups in total. The number of hydrogen-bond acceptors (Lipinski definition) is 3. The van der Waals surface area contributed by atoms with Crippen LogP contribution in [0.3, 0.4) is 0 Å². The molecule has 0 aromatic heterocycles. The number of nitrogens with one attached hydrogen (secondary N) is 3. The van der Waals surface area contributed by atoms with Crippen molar-refractivity contribution in [3.05, 3.63) is 35.4 Å². The summed E-state index contributed by atoms with van der Waals surface area (Å²) in [6.07, 6.45) is 0. The highest BCUT2D eigenvalue weighted by Crippen LogP contribution is 2.04. The van der Waals surface area contributed by atoms with E-state index in [2.05, 4.69) is 16.2 Å².